The molecule has 0 atom stereocenters. The quantitative estimate of drug-likeness (QED) is 0.776. The summed E-state index contributed by atoms with van der Waals surface area (Å²) in [5.41, 5.74) is -0.613. The number of carbonyl (C=O) groups excluding carboxylic acids is 1. The zero-order chi connectivity index (χ0) is 15.5. The average molecular weight is 294 g/mol. The number of rotatable bonds is 5. The Morgan fingerprint density at radius 1 is 1.24 bits per heavy atom. The van der Waals surface area contributed by atoms with Gasteiger partial charge in [-0.2, -0.15) is 4.98 Å². The van der Waals surface area contributed by atoms with Crippen LogP contribution in [0, 0.1) is 5.92 Å². The number of Topliss-reactive ketones (excluding diaryl/α,β-unsaturated/α-hetero) is 1. The highest BCUT2D eigenvalue weighted by atomic mass is 16.5. The fraction of sp³-hybridized carbons (Fsp3) is 0.667. The molecule has 1 fully saturated rings. The minimum Gasteiger partial charge on any atom is -0.480 e. The van der Waals surface area contributed by atoms with Crippen molar-refractivity contribution in [3.63, 3.8) is 0 Å². The molecule has 0 bridgehead atoms. The Bertz CT molecular complexity index is 510. The van der Waals surface area contributed by atoms with Gasteiger partial charge in [-0.3, -0.25) is 4.79 Å². The van der Waals surface area contributed by atoms with Gasteiger partial charge in [-0.1, -0.05) is 6.92 Å². The summed E-state index contributed by atoms with van der Waals surface area (Å²) in [6.07, 6.45) is 4.74. The maximum Gasteiger partial charge on any atom is 0.246 e. The van der Waals surface area contributed by atoms with E-state index >= 15 is 0 Å². The van der Waals surface area contributed by atoms with Gasteiger partial charge in [-0.25, -0.2) is 4.98 Å². The first kappa shape index (κ1) is 15.7. The lowest BCUT2D eigenvalue weighted by Crippen LogP contribution is -2.44. The van der Waals surface area contributed by atoms with E-state index in [1.807, 2.05) is 0 Å². The van der Waals surface area contributed by atoms with E-state index in [4.69, 9.17) is 14.2 Å². The predicted molar refractivity (Wildman–Crippen MR) is 76.8 cm³/mol. The van der Waals surface area contributed by atoms with Gasteiger partial charge in [0.25, 0.3) is 0 Å². The van der Waals surface area contributed by atoms with Crippen LogP contribution in [0.3, 0.4) is 0 Å². The highest BCUT2D eigenvalue weighted by Gasteiger charge is 2.43. The highest BCUT2D eigenvalue weighted by molar-refractivity contribution is 6.02. The lowest BCUT2D eigenvalue weighted by molar-refractivity contribution is -0.0268. The summed E-state index contributed by atoms with van der Waals surface area (Å²) in [6.45, 7) is 2.19. The molecule has 1 saturated carbocycles. The van der Waals surface area contributed by atoms with Crippen molar-refractivity contribution < 1.29 is 19.0 Å². The molecule has 21 heavy (non-hydrogen) atoms. The number of nitrogens with zero attached hydrogens (tertiary/aromatic N) is 2. The fourth-order valence-electron chi connectivity index (χ4n) is 2.72. The third kappa shape index (κ3) is 3.00. The molecule has 1 aliphatic carbocycles. The normalized spacial score (nSPS) is 25.4. The fourth-order valence-corrected chi connectivity index (χ4v) is 2.72. The van der Waals surface area contributed by atoms with Crippen LogP contribution in [0.1, 0.15) is 43.1 Å². The molecule has 0 N–H and O–H groups in total. The third-order valence-corrected chi connectivity index (χ3v) is 4.22. The van der Waals surface area contributed by atoms with E-state index in [0.717, 1.165) is 12.8 Å². The predicted octanol–water partition coefficient (Wildman–Crippen LogP) is 2.27. The van der Waals surface area contributed by atoms with Crippen LogP contribution < -0.4 is 9.47 Å². The van der Waals surface area contributed by atoms with Crippen molar-refractivity contribution >= 4 is 5.78 Å². The van der Waals surface area contributed by atoms with Crippen molar-refractivity contribution in [2.75, 3.05) is 21.3 Å². The maximum absolute atomic E-state index is 12.9. The summed E-state index contributed by atoms with van der Waals surface area (Å²) in [5, 5.41) is 0. The first-order valence-corrected chi connectivity index (χ1v) is 7.11. The SMILES string of the molecule is COc1cnc(C(=O)C2(OC)CCC(C)CC2)c(OC)n1. The number of carbonyl (C=O) groups is 1. The second-order valence-corrected chi connectivity index (χ2v) is 5.48. The number of hydrogen-bond acceptors (Lipinski definition) is 6. The summed E-state index contributed by atoms with van der Waals surface area (Å²) in [7, 11) is 4.53. The molecule has 0 saturated heterocycles. The molecule has 1 aromatic rings. The van der Waals surface area contributed by atoms with E-state index in [-0.39, 0.29) is 17.4 Å². The molecular formula is C15H22N2O4. The van der Waals surface area contributed by atoms with Crippen LogP contribution in [0.5, 0.6) is 11.8 Å². The molecule has 116 valence electrons. The Morgan fingerprint density at radius 3 is 2.43 bits per heavy atom. The largest absolute Gasteiger partial charge is 0.480 e. The van der Waals surface area contributed by atoms with Crippen molar-refractivity contribution in [1.82, 2.24) is 9.97 Å². The molecule has 2 rings (SSSR count). The lowest BCUT2D eigenvalue weighted by Gasteiger charge is -2.36. The number of ether oxygens (including phenoxy) is 3. The molecule has 1 aliphatic rings. The van der Waals surface area contributed by atoms with Gasteiger partial charge < -0.3 is 14.2 Å². The number of hydrogen-bond donors (Lipinski definition) is 0. The molecule has 6 heteroatoms. The third-order valence-electron chi connectivity index (χ3n) is 4.22. The molecule has 0 spiro atoms. The minimum absolute atomic E-state index is 0.163. The number of methoxy groups -OCH3 is 3. The molecule has 0 radical (unpaired) electrons. The van der Waals surface area contributed by atoms with Crippen molar-refractivity contribution in [2.45, 2.75) is 38.2 Å². The van der Waals surface area contributed by atoms with Gasteiger partial charge in [-0.15, -0.1) is 0 Å². The maximum atomic E-state index is 12.9. The Morgan fingerprint density at radius 2 is 1.90 bits per heavy atom. The Labute approximate surface area is 124 Å². The van der Waals surface area contributed by atoms with E-state index in [1.54, 1.807) is 7.11 Å². The molecule has 6 nitrogen and oxygen atoms in total. The molecule has 0 amide bonds. The van der Waals surface area contributed by atoms with Crippen LogP contribution in [0.15, 0.2) is 6.20 Å². The molecule has 1 aromatic heterocycles. The zero-order valence-electron chi connectivity index (χ0n) is 13.0. The summed E-state index contributed by atoms with van der Waals surface area (Å²) in [6, 6.07) is 0. The minimum atomic E-state index is -0.816. The molecular weight excluding hydrogens is 272 g/mol. The van der Waals surface area contributed by atoms with Gasteiger partial charge in [0.15, 0.2) is 5.69 Å². The van der Waals surface area contributed by atoms with Crippen molar-refractivity contribution in [3.8, 4) is 11.8 Å². The molecule has 1 heterocycles. The van der Waals surface area contributed by atoms with Crippen LogP contribution >= 0.6 is 0 Å². The molecule has 0 aromatic carbocycles. The summed E-state index contributed by atoms with van der Waals surface area (Å²) < 4.78 is 15.8. The van der Waals surface area contributed by atoms with Gasteiger partial charge in [-0.05, 0) is 31.6 Å². The topological polar surface area (TPSA) is 70.5 Å². The van der Waals surface area contributed by atoms with Crippen LogP contribution in [0.25, 0.3) is 0 Å². The zero-order valence-corrected chi connectivity index (χ0v) is 13.0. The molecule has 0 unspecified atom stereocenters. The second-order valence-electron chi connectivity index (χ2n) is 5.48. The Kier molecular flexibility index (Phi) is 4.77. The van der Waals surface area contributed by atoms with E-state index in [0.29, 0.717) is 24.6 Å². The summed E-state index contributed by atoms with van der Waals surface area (Å²) >= 11 is 0. The van der Waals surface area contributed by atoms with E-state index in [1.165, 1.54) is 20.4 Å². The van der Waals surface area contributed by atoms with E-state index in [9.17, 15) is 4.79 Å². The van der Waals surface area contributed by atoms with Gasteiger partial charge in [0, 0.05) is 7.11 Å². The van der Waals surface area contributed by atoms with Crippen LogP contribution in [0.4, 0.5) is 0 Å². The molecule has 0 aliphatic heterocycles. The van der Waals surface area contributed by atoms with E-state index < -0.39 is 5.60 Å². The number of aromatic nitrogens is 2. The monoisotopic (exact) mass is 294 g/mol. The average Bonchev–Trinajstić information content (AvgIpc) is 2.54. The Balaban J connectivity index is 2.33. The van der Waals surface area contributed by atoms with Crippen molar-refractivity contribution in [1.29, 1.82) is 0 Å². The van der Waals surface area contributed by atoms with Crippen LogP contribution in [-0.2, 0) is 4.74 Å². The summed E-state index contributed by atoms with van der Waals surface area (Å²) in [5.74, 6) is 0.940. The smallest absolute Gasteiger partial charge is 0.246 e. The van der Waals surface area contributed by atoms with Gasteiger partial charge in [0.05, 0.1) is 20.4 Å². The van der Waals surface area contributed by atoms with Crippen LogP contribution in [-0.4, -0.2) is 42.7 Å². The van der Waals surface area contributed by atoms with Gasteiger partial charge in [0.2, 0.25) is 17.5 Å². The Hall–Kier alpha value is -1.69. The van der Waals surface area contributed by atoms with Crippen molar-refractivity contribution in [3.05, 3.63) is 11.9 Å². The second kappa shape index (κ2) is 6.39. The number of ketones is 1. The van der Waals surface area contributed by atoms with Crippen LogP contribution in [0.2, 0.25) is 0 Å². The van der Waals surface area contributed by atoms with Crippen molar-refractivity contribution in [2.24, 2.45) is 5.92 Å². The standard InChI is InChI=1S/C15H22N2O4/c1-10-5-7-15(21-4,8-6-10)13(18)12-14(20-3)17-11(19-2)9-16-12/h9-10H,5-8H2,1-4H3. The first-order chi connectivity index (χ1) is 10.1. The first-order valence-electron chi connectivity index (χ1n) is 7.11. The summed E-state index contributed by atoms with van der Waals surface area (Å²) in [4.78, 5) is 21.2. The van der Waals surface area contributed by atoms with Gasteiger partial charge in [0.1, 0.15) is 5.60 Å². The van der Waals surface area contributed by atoms with Gasteiger partial charge >= 0.3 is 0 Å². The van der Waals surface area contributed by atoms with E-state index in [2.05, 4.69) is 16.9 Å². The lowest BCUT2D eigenvalue weighted by atomic mass is 9.76. The highest BCUT2D eigenvalue weighted by Crippen LogP contribution is 2.37.